The van der Waals surface area contributed by atoms with Crippen LogP contribution in [0.25, 0.3) is 0 Å². The Balaban J connectivity index is 2.34. The van der Waals surface area contributed by atoms with Gasteiger partial charge in [0.25, 0.3) is 0 Å². The van der Waals surface area contributed by atoms with Crippen molar-refractivity contribution < 1.29 is 18.3 Å². The third-order valence-electron chi connectivity index (χ3n) is 3.38. The van der Waals surface area contributed by atoms with Crippen LogP contribution in [0.3, 0.4) is 0 Å². The van der Waals surface area contributed by atoms with Gasteiger partial charge < -0.3 is 10.0 Å². The number of rotatable bonds is 3. The van der Waals surface area contributed by atoms with E-state index in [0.29, 0.717) is 25.2 Å². The summed E-state index contributed by atoms with van der Waals surface area (Å²) in [6.07, 6.45) is 2.58. The van der Waals surface area contributed by atoms with Crippen molar-refractivity contribution in [1.82, 2.24) is 0 Å². The summed E-state index contributed by atoms with van der Waals surface area (Å²) in [6.45, 7) is 1.05. The van der Waals surface area contributed by atoms with Gasteiger partial charge in [-0.25, -0.2) is 8.42 Å². The molecule has 0 amide bonds. The number of carbonyl (C=O) groups is 1. The lowest BCUT2D eigenvalue weighted by Gasteiger charge is -2.33. The molecule has 0 spiro atoms. The molecule has 1 fully saturated rings. The number of hydrogen-bond donors (Lipinski definition) is 1. The second-order valence-electron chi connectivity index (χ2n) is 4.86. The highest BCUT2D eigenvalue weighted by Crippen LogP contribution is 2.29. The number of piperidine rings is 1. The van der Waals surface area contributed by atoms with Gasteiger partial charge in [-0.2, -0.15) is 0 Å². The van der Waals surface area contributed by atoms with Gasteiger partial charge in [0.1, 0.15) is 0 Å². The molecule has 1 heterocycles. The topological polar surface area (TPSA) is 74.7 Å². The van der Waals surface area contributed by atoms with Crippen LogP contribution < -0.4 is 4.90 Å². The van der Waals surface area contributed by atoms with Gasteiger partial charge in [0.15, 0.2) is 9.84 Å². The van der Waals surface area contributed by atoms with Crippen LogP contribution in [0.2, 0.25) is 0 Å². The second kappa shape index (κ2) is 5.21. The summed E-state index contributed by atoms with van der Waals surface area (Å²) in [4.78, 5) is 13.2. The third-order valence-corrected chi connectivity index (χ3v) is 4.52. The molecular weight excluding hydrogens is 266 g/mol. The van der Waals surface area contributed by atoms with Crippen LogP contribution in [0.1, 0.15) is 12.8 Å². The number of para-hydroxylation sites is 1. The molecule has 1 atom stereocenters. The van der Waals surface area contributed by atoms with Crippen LogP contribution in [0.4, 0.5) is 5.69 Å². The molecule has 0 aromatic heterocycles. The Hall–Kier alpha value is -1.56. The van der Waals surface area contributed by atoms with Gasteiger partial charge >= 0.3 is 5.97 Å². The molecule has 104 valence electrons. The number of nitrogens with zero attached hydrogens (tertiary/aromatic N) is 1. The summed E-state index contributed by atoms with van der Waals surface area (Å²) in [5, 5.41) is 9.09. The quantitative estimate of drug-likeness (QED) is 0.907. The largest absolute Gasteiger partial charge is 0.481 e. The molecule has 1 N–H and O–H groups in total. The molecule has 0 bridgehead atoms. The molecule has 0 unspecified atom stereocenters. The average molecular weight is 283 g/mol. The highest BCUT2D eigenvalue weighted by atomic mass is 32.2. The number of anilines is 1. The fourth-order valence-corrected chi connectivity index (χ4v) is 3.33. The molecule has 1 aromatic carbocycles. The summed E-state index contributed by atoms with van der Waals surface area (Å²) in [6, 6.07) is 6.75. The van der Waals surface area contributed by atoms with E-state index in [1.807, 2.05) is 4.90 Å². The number of carboxylic acids is 1. The zero-order chi connectivity index (χ0) is 14.0. The number of benzene rings is 1. The van der Waals surface area contributed by atoms with Crippen molar-refractivity contribution >= 4 is 21.5 Å². The molecule has 1 aliphatic heterocycles. The van der Waals surface area contributed by atoms with E-state index in [0.717, 1.165) is 6.42 Å². The third kappa shape index (κ3) is 3.07. The van der Waals surface area contributed by atoms with Crippen LogP contribution in [-0.4, -0.2) is 38.8 Å². The van der Waals surface area contributed by atoms with Crippen molar-refractivity contribution in [3.63, 3.8) is 0 Å². The first-order chi connectivity index (χ1) is 8.89. The zero-order valence-corrected chi connectivity index (χ0v) is 11.6. The Morgan fingerprint density at radius 2 is 2.05 bits per heavy atom. The van der Waals surface area contributed by atoms with Crippen LogP contribution in [0.15, 0.2) is 29.2 Å². The summed E-state index contributed by atoms with van der Waals surface area (Å²) >= 11 is 0. The maximum absolute atomic E-state index is 11.8. The van der Waals surface area contributed by atoms with Crippen LogP contribution >= 0.6 is 0 Å². The van der Waals surface area contributed by atoms with Gasteiger partial charge in [0.05, 0.1) is 16.5 Å². The van der Waals surface area contributed by atoms with Gasteiger partial charge in [-0.3, -0.25) is 4.79 Å². The van der Waals surface area contributed by atoms with Crippen molar-refractivity contribution in [3.05, 3.63) is 24.3 Å². The van der Waals surface area contributed by atoms with E-state index in [1.165, 1.54) is 6.26 Å². The number of aliphatic carboxylic acids is 1. The predicted octanol–water partition coefficient (Wildman–Crippen LogP) is 1.39. The van der Waals surface area contributed by atoms with Crippen molar-refractivity contribution in [2.24, 2.45) is 5.92 Å². The number of carboxylic acid groups (broad SMARTS) is 1. The first-order valence-corrected chi connectivity index (χ1v) is 8.05. The van der Waals surface area contributed by atoms with E-state index in [9.17, 15) is 13.2 Å². The Labute approximate surface area is 112 Å². The lowest BCUT2D eigenvalue weighted by molar-refractivity contribution is -0.141. The average Bonchev–Trinajstić information content (AvgIpc) is 2.38. The molecule has 1 aromatic rings. The van der Waals surface area contributed by atoms with Gasteiger partial charge in [-0.05, 0) is 25.0 Å². The summed E-state index contributed by atoms with van der Waals surface area (Å²) in [5.41, 5.74) is 0.607. The van der Waals surface area contributed by atoms with Gasteiger partial charge in [-0.1, -0.05) is 12.1 Å². The maximum atomic E-state index is 11.8. The highest BCUT2D eigenvalue weighted by molar-refractivity contribution is 7.90. The highest BCUT2D eigenvalue weighted by Gasteiger charge is 2.27. The molecule has 0 saturated carbocycles. The smallest absolute Gasteiger partial charge is 0.308 e. The minimum absolute atomic E-state index is 0.265. The molecule has 2 rings (SSSR count). The van der Waals surface area contributed by atoms with Crippen molar-refractivity contribution in [2.45, 2.75) is 17.7 Å². The van der Waals surface area contributed by atoms with Crippen molar-refractivity contribution in [3.8, 4) is 0 Å². The number of hydrogen-bond acceptors (Lipinski definition) is 4. The molecule has 0 aliphatic carbocycles. The molecule has 5 nitrogen and oxygen atoms in total. The molecule has 1 aliphatic rings. The Morgan fingerprint density at radius 1 is 1.37 bits per heavy atom. The van der Waals surface area contributed by atoms with Gasteiger partial charge in [0.2, 0.25) is 0 Å². The van der Waals surface area contributed by atoms with Crippen LogP contribution in [0.5, 0.6) is 0 Å². The van der Waals surface area contributed by atoms with Crippen LogP contribution in [0, 0.1) is 5.92 Å². The lowest BCUT2D eigenvalue weighted by atomic mass is 9.98. The fourth-order valence-electron chi connectivity index (χ4n) is 2.43. The van der Waals surface area contributed by atoms with Crippen molar-refractivity contribution in [2.75, 3.05) is 24.2 Å². The Morgan fingerprint density at radius 3 is 2.68 bits per heavy atom. The minimum Gasteiger partial charge on any atom is -0.481 e. The monoisotopic (exact) mass is 283 g/mol. The predicted molar refractivity (Wildman–Crippen MR) is 72.1 cm³/mol. The first-order valence-electron chi connectivity index (χ1n) is 6.16. The summed E-state index contributed by atoms with van der Waals surface area (Å²) < 4.78 is 23.5. The SMILES string of the molecule is CS(=O)(=O)c1ccccc1N1CCC[C@@H](C(=O)O)C1. The first kappa shape index (κ1) is 13.9. The lowest BCUT2D eigenvalue weighted by Crippen LogP contribution is -2.39. The molecule has 0 radical (unpaired) electrons. The molecule has 6 heteroatoms. The van der Waals surface area contributed by atoms with E-state index in [4.69, 9.17) is 5.11 Å². The molecule has 19 heavy (non-hydrogen) atoms. The van der Waals surface area contributed by atoms with Crippen LogP contribution in [-0.2, 0) is 14.6 Å². The molecule has 1 saturated heterocycles. The standard InChI is InChI=1S/C13H17NO4S/c1-19(17,18)12-7-3-2-6-11(12)14-8-4-5-10(9-14)13(15)16/h2-3,6-7,10H,4-5,8-9H2,1H3,(H,15,16)/t10-/m1/s1. The minimum atomic E-state index is -3.31. The van der Waals surface area contributed by atoms with E-state index in [2.05, 4.69) is 0 Å². The van der Waals surface area contributed by atoms with Gasteiger partial charge in [0, 0.05) is 19.3 Å². The van der Waals surface area contributed by atoms with Crippen molar-refractivity contribution in [1.29, 1.82) is 0 Å². The van der Waals surface area contributed by atoms with E-state index < -0.39 is 21.7 Å². The number of sulfone groups is 1. The van der Waals surface area contributed by atoms with E-state index in [-0.39, 0.29) is 4.90 Å². The van der Waals surface area contributed by atoms with E-state index >= 15 is 0 Å². The summed E-state index contributed by atoms with van der Waals surface area (Å²) in [7, 11) is -3.31. The Bertz CT molecular complexity index is 582. The summed E-state index contributed by atoms with van der Waals surface area (Å²) in [5.74, 6) is -1.25. The van der Waals surface area contributed by atoms with Gasteiger partial charge in [-0.15, -0.1) is 0 Å². The maximum Gasteiger partial charge on any atom is 0.308 e. The zero-order valence-electron chi connectivity index (χ0n) is 10.7. The van der Waals surface area contributed by atoms with E-state index in [1.54, 1.807) is 24.3 Å². The molecular formula is C13H17NO4S. The Kier molecular flexibility index (Phi) is 3.80. The second-order valence-corrected chi connectivity index (χ2v) is 6.85. The normalized spacial score (nSPS) is 20.3. The fraction of sp³-hybridized carbons (Fsp3) is 0.462.